The second-order valence-corrected chi connectivity index (χ2v) is 4.20. The van der Waals surface area contributed by atoms with Gasteiger partial charge in [0.2, 0.25) is 0 Å². The van der Waals surface area contributed by atoms with Crippen LogP contribution in [0.1, 0.15) is 10.4 Å². The predicted molar refractivity (Wildman–Crippen MR) is 73.6 cm³/mol. The van der Waals surface area contributed by atoms with Crippen LogP contribution < -0.4 is 10.4 Å². The molecule has 2 rings (SSSR count). The minimum Gasteiger partial charge on any atom is -0.872 e. The number of benzene rings is 2. The maximum Gasteiger partial charge on any atom is 0.270 e. The number of nitro groups is 2. The molecule has 0 atom stereocenters. The molecular formula is C13H8N3O6-. The number of anilines is 1. The van der Waals surface area contributed by atoms with Gasteiger partial charge in [-0.3, -0.25) is 25.0 Å². The predicted octanol–water partition coefficient (Wildman–Crippen LogP) is 1.83. The molecule has 9 nitrogen and oxygen atoms in total. The number of rotatable bonds is 4. The van der Waals surface area contributed by atoms with Gasteiger partial charge in [-0.05, 0) is 12.1 Å². The van der Waals surface area contributed by atoms with Crippen molar-refractivity contribution in [2.24, 2.45) is 0 Å². The van der Waals surface area contributed by atoms with Crippen LogP contribution in [-0.2, 0) is 0 Å². The van der Waals surface area contributed by atoms with E-state index in [9.17, 15) is 30.1 Å². The van der Waals surface area contributed by atoms with Gasteiger partial charge in [-0.25, -0.2) is 0 Å². The Labute approximate surface area is 123 Å². The van der Waals surface area contributed by atoms with Crippen LogP contribution in [-0.4, -0.2) is 15.8 Å². The Kier molecular flexibility index (Phi) is 3.98. The highest BCUT2D eigenvalue weighted by Crippen LogP contribution is 2.22. The Morgan fingerprint density at radius 1 is 0.909 bits per heavy atom. The summed E-state index contributed by atoms with van der Waals surface area (Å²) in [5.74, 6) is -1.49. The molecule has 9 heteroatoms. The second-order valence-electron chi connectivity index (χ2n) is 4.20. The Morgan fingerprint density at radius 3 is 2.00 bits per heavy atom. The Balaban J connectivity index is 2.23. The van der Waals surface area contributed by atoms with Gasteiger partial charge >= 0.3 is 0 Å². The molecule has 0 aromatic heterocycles. The minimum atomic E-state index is -0.831. The van der Waals surface area contributed by atoms with Gasteiger partial charge in [-0.2, -0.15) is 0 Å². The fourth-order valence-electron chi connectivity index (χ4n) is 1.67. The number of carbonyl (C=O) groups excluding carboxylic acids is 1. The minimum absolute atomic E-state index is 0.155. The van der Waals surface area contributed by atoms with E-state index in [-0.39, 0.29) is 22.6 Å². The number of carbonyl (C=O) groups is 1. The van der Waals surface area contributed by atoms with Crippen molar-refractivity contribution in [2.45, 2.75) is 0 Å². The molecule has 0 bridgehead atoms. The summed E-state index contributed by atoms with van der Waals surface area (Å²) < 4.78 is 0. The summed E-state index contributed by atoms with van der Waals surface area (Å²) in [6, 6.07) is 7.76. The van der Waals surface area contributed by atoms with Crippen molar-refractivity contribution in [1.29, 1.82) is 0 Å². The molecule has 0 aliphatic rings. The van der Waals surface area contributed by atoms with E-state index >= 15 is 0 Å². The average Bonchev–Trinajstić information content (AvgIpc) is 2.47. The normalized spacial score (nSPS) is 10.0. The Hall–Kier alpha value is -3.49. The molecule has 0 aliphatic heterocycles. The van der Waals surface area contributed by atoms with Gasteiger partial charge in [0, 0.05) is 35.5 Å². The molecular weight excluding hydrogens is 294 g/mol. The molecule has 1 N–H and O–H groups in total. The lowest BCUT2D eigenvalue weighted by Gasteiger charge is -2.12. The van der Waals surface area contributed by atoms with Gasteiger partial charge in [0.25, 0.3) is 17.3 Å². The molecule has 0 unspecified atom stereocenters. The standard InChI is InChI=1S/C13H9N3O6/c17-12-6-5-10(16(21)22)7-11(12)13(18)14-8-1-3-9(4-2-8)15(19)20/h1-7,17H,(H,14,18)/p-1. The van der Waals surface area contributed by atoms with E-state index < -0.39 is 21.5 Å². The van der Waals surface area contributed by atoms with Gasteiger partial charge in [-0.1, -0.05) is 11.8 Å². The SMILES string of the molecule is O=C(Nc1ccc([N+](=O)[O-])cc1)c1cc([N+](=O)[O-])ccc1[O-]. The van der Waals surface area contributed by atoms with Crippen LogP contribution in [0.5, 0.6) is 5.75 Å². The summed E-state index contributed by atoms with van der Waals surface area (Å²) in [6.07, 6.45) is 0. The van der Waals surface area contributed by atoms with E-state index in [1.165, 1.54) is 24.3 Å². The lowest BCUT2D eigenvalue weighted by Crippen LogP contribution is -2.14. The van der Waals surface area contributed by atoms with Crippen LogP contribution in [0.3, 0.4) is 0 Å². The molecule has 2 aromatic carbocycles. The van der Waals surface area contributed by atoms with Gasteiger partial charge < -0.3 is 10.4 Å². The molecule has 112 valence electrons. The number of non-ortho nitro benzene ring substituents is 2. The van der Waals surface area contributed by atoms with Crippen molar-refractivity contribution in [3.05, 3.63) is 68.3 Å². The second kappa shape index (κ2) is 5.87. The Bertz CT molecular complexity index is 757. The molecule has 0 radical (unpaired) electrons. The van der Waals surface area contributed by atoms with Gasteiger partial charge in [-0.15, -0.1) is 0 Å². The van der Waals surface area contributed by atoms with E-state index in [0.29, 0.717) is 0 Å². The van der Waals surface area contributed by atoms with Crippen LogP contribution in [0.2, 0.25) is 0 Å². The first-order valence-corrected chi connectivity index (χ1v) is 5.90. The maximum absolute atomic E-state index is 12.0. The fraction of sp³-hybridized carbons (Fsp3) is 0. The topological polar surface area (TPSA) is 138 Å². The van der Waals surface area contributed by atoms with Crippen molar-refractivity contribution in [1.82, 2.24) is 0 Å². The van der Waals surface area contributed by atoms with Crippen molar-refractivity contribution >= 4 is 23.0 Å². The largest absolute Gasteiger partial charge is 0.872 e. The number of hydrogen-bond donors (Lipinski definition) is 1. The van der Waals surface area contributed by atoms with Crippen molar-refractivity contribution in [3.63, 3.8) is 0 Å². The van der Waals surface area contributed by atoms with E-state index in [1.807, 2.05) is 0 Å². The van der Waals surface area contributed by atoms with Crippen LogP contribution in [0.4, 0.5) is 17.1 Å². The lowest BCUT2D eigenvalue weighted by molar-refractivity contribution is -0.385. The van der Waals surface area contributed by atoms with Crippen LogP contribution in [0.15, 0.2) is 42.5 Å². The average molecular weight is 302 g/mol. The van der Waals surface area contributed by atoms with E-state index in [1.54, 1.807) is 0 Å². The van der Waals surface area contributed by atoms with E-state index in [2.05, 4.69) is 5.32 Å². The molecule has 0 spiro atoms. The smallest absolute Gasteiger partial charge is 0.270 e. The molecule has 0 heterocycles. The first-order valence-electron chi connectivity index (χ1n) is 5.90. The third-order valence-corrected chi connectivity index (χ3v) is 2.75. The van der Waals surface area contributed by atoms with Crippen molar-refractivity contribution in [3.8, 4) is 5.75 Å². The van der Waals surface area contributed by atoms with Crippen molar-refractivity contribution in [2.75, 3.05) is 5.32 Å². The number of amides is 1. The third-order valence-electron chi connectivity index (χ3n) is 2.75. The third kappa shape index (κ3) is 3.15. The fourth-order valence-corrected chi connectivity index (χ4v) is 1.67. The molecule has 0 fully saturated rings. The molecule has 1 amide bonds. The Morgan fingerprint density at radius 2 is 1.45 bits per heavy atom. The zero-order chi connectivity index (χ0) is 16.3. The summed E-state index contributed by atoms with van der Waals surface area (Å²) in [7, 11) is 0. The number of nitrogens with zero attached hydrogens (tertiary/aromatic N) is 2. The van der Waals surface area contributed by atoms with Crippen molar-refractivity contribution < 1.29 is 19.7 Å². The number of hydrogen-bond acceptors (Lipinski definition) is 6. The first kappa shape index (κ1) is 14.9. The van der Waals surface area contributed by atoms with Gasteiger partial charge in [0.1, 0.15) is 0 Å². The molecule has 2 aromatic rings. The molecule has 0 aliphatic carbocycles. The molecule has 0 saturated heterocycles. The monoisotopic (exact) mass is 302 g/mol. The highest BCUT2D eigenvalue weighted by Gasteiger charge is 2.13. The van der Waals surface area contributed by atoms with Crippen LogP contribution in [0.25, 0.3) is 0 Å². The zero-order valence-corrected chi connectivity index (χ0v) is 10.9. The highest BCUT2D eigenvalue weighted by atomic mass is 16.6. The van der Waals surface area contributed by atoms with Gasteiger partial charge in [0.05, 0.1) is 9.85 Å². The molecule has 0 saturated carbocycles. The quantitative estimate of drug-likeness (QED) is 0.675. The summed E-state index contributed by atoms with van der Waals surface area (Å²) in [6.45, 7) is 0. The van der Waals surface area contributed by atoms with Crippen LogP contribution >= 0.6 is 0 Å². The summed E-state index contributed by atoms with van der Waals surface area (Å²) in [5, 5.41) is 35.1. The first-order chi connectivity index (χ1) is 10.4. The zero-order valence-electron chi connectivity index (χ0n) is 10.9. The summed E-state index contributed by atoms with van der Waals surface area (Å²) in [4.78, 5) is 31.8. The lowest BCUT2D eigenvalue weighted by atomic mass is 10.1. The number of nitro benzene ring substituents is 2. The highest BCUT2D eigenvalue weighted by molar-refractivity contribution is 6.06. The van der Waals surface area contributed by atoms with E-state index in [0.717, 1.165) is 18.2 Å². The van der Waals surface area contributed by atoms with Crippen LogP contribution in [0, 0.1) is 20.2 Å². The number of nitrogens with one attached hydrogen (secondary N) is 1. The maximum atomic E-state index is 12.0. The molecule has 22 heavy (non-hydrogen) atoms. The summed E-state index contributed by atoms with van der Waals surface area (Å²) in [5.41, 5.74) is -0.694. The van der Waals surface area contributed by atoms with E-state index in [4.69, 9.17) is 0 Å². The summed E-state index contributed by atoms with van der Waals surface area (Å²) >= 11 is 0. The van der Waals surface area contributed by atoms with Gasteiger partial charge in [0.15, 0.2) is 0 Å².